The van der Waals surface area contributed by atoms with Crippen molar-refractivity contribution in [3.63, 3.8) is 0 Å². The van der Waals surface area contributed by atoms with E-state index in [2.05, 4.69) is 9.71 Å². The van der Waals surface area contributed by atoms with Crippen LogP contribution in [-0.4, -0.2) is 51.0 Å². The normalized spacial score (nSPS) is 11.3. The van der Waals surface area contributed by atoms with Crippen LogP contribution in [0.5, 0.6) is 5.88 Å². The Hall–Kier alpha value is -3.23. The summed E-state index contributed by atoms with van der Waals surface area (Å²) in [5.41, 5.74) is 3.79. The molecule has 3 rings (SSSR count). The van der Waals surface area contributed by atoms with Gasteiger partial charge in [-0.3, -0.25) is 4.79 Å². The molecule has 0 fully saturated rings. The molecule has 0 saturated carbocycles. The maximum Gasteiger partial charge on any atom is 0.253 e. The van der Waals surface area contributed by atoms with Crippen molar-refractivity contribution in [1.29, 1.82) is 0 Å². The molecule has 0 radical (unpaired) electrons. The molecule has 0 spiro atoms. The summed E-state index contributed by atoms with van der Waals surface area (Å²) in [7, 11) is -2.23. The number of carbonyl (C=O) groups excluding carboxylic acids is 1. The molecule has 1 amide bonds. The predicted molar refractivity (Wildman–Crippen MR) is 129 cm³/mol. The van der Waals surface area contributed by atoms with Crippen molar-refractivity contribution >= 4 is 15.9 Å². The van der Waals surface area contributed by atoms with Crippen LogP contribution in [0.25, 0.3) is 11.1 Å². The highest BCUT2D eigenvalue weighted by Crippen LogP contribution is 2.28. The average Bonchev–Trinajstić information content (AvgIpc) is 2.81. The van der Waals surface area contributed by atoms with Crippen molar-refractivity contribution in [1.82, 2.24) is 14.6 Å². The number of hydrogen-bond acceptors (Lipinski definition) is 5. The van der Waals surface area contributed by atoms with Gasteiger partial charge < -0.3 is 9.64 Å². The van der Waals surface area contributed by atoms with Crippen molar-refractivity contribution in [3.05, 3.63) is 77.5 Å². The first-order valence-corrected chi connectivity index (χ1v) is 12.2. The Kier molecular flexibility index (Phi) is 7.84. The van der Waals surface area contributed by atoms with Crippen molar-refractivity contribution in [3.8, 4) is 17.0 Å². The number of aryl methyl sites for hydroxylation is 1. The second kappa shape index (κ2) is 10.6. The van der Waals surface area contributed by atoms with Gasteiger partial charge in [0.25, 0.3) is 5.91 Å². The van der Waals surface area contributed by atoms with Gasteiger partial charge in [-0.25, -0.2) is 18.1 Å². The van der Waals surface area contributed by atoms with E-state index in [-0.39, 0.29) is 23.9 Å². The fourth-order valence-corrected chi connectivity index (χ4v) is 4.92. The second-order valence-corrected chi connectivity index (χ2v) is 9.41. The van der Waals surface area contributed by atoms with Crippen LogP contribution in [0.3, 0.4) is 0 Å². The summed E-state index contributed by atoms with van der Waals surface area (Å²) >= 11 is 0. The van der Waals surface area contributed by atoms with Crippen molar-refractivity contribution in [2.24, 2.45) is 0 Å². The number of nitrogens with one attached hydrogen (secondary N) is 1. The van der Waals surface area contributed by atoms with Gasteiger partial charge in [0.05, 0.1) is 12.0 Å². The Bertz CT molecular complexity index is 1220. The van der Waals surface area contributed by atoms with Gasteiger partial charge in [-0.15, -0.1) is 0 Å². The zero-order valence-corrected chi connectivity index (χ0v) is 20.1. The summed E-state index contributed by atoms with van der Waals surface area (Å²) in [5, 5.41) is 0. The Morgan fingerprint density at radius 1 is 1.09 bits per heavy atom. The van der Waals surface area contributed by atoms with E-state index < -0.39 is 10.0 Å². The number of hydrogen-bond donors (Lipinski definition) is 1. The summed E-state index contributed by atoms with van der Waals surface area (Å²) in [4.78, 5) is 18.8. The van der Waals surface area contributed by atoms with E-state index in [1.165, 1.54) is 0 Å². The van der Waals surface area contributed by atoms with Gasteiger partial charge in [0.15, 0.2) is 0 Å². The zero-order valence-electron chi connectivity index (χ0n) is 19.3. The van der Waals surface area contributed by atoms with Crippen molar-refractivity contribution in [2.75, 3.05) is 26.7 Å². The molecule has 0 saturated heterocycles. The van der Waals surface area contributed by atoms with Gasteiger partial charge in [0, 0.05) is 43.0 Å². The molecular weight excluding hydrogens is 438 g/mol. The average molecular weight is 468 g/mol. The number of aromatic nitrogens is 1. The summed E-state index contributed by atoms with van der Waals surface area (Å²) in [6.07, 6.45) is 1.65. The summed E-state index contributed by atoms with van der Waals surface area (Å²) in [6.45, 7) is 6.44. The van der Waals surface area contributed by atoms with Gasteiger partial charge in [-0.05, 0) is 56.2 Å². The maximum absolute atomic E-state index is 13.0. The Labute approximate surface area is 195 Å². The molecule has 33 heavy (non-hydrogen) atoms. The van der Waals surface area contributed by atoms with Gasteiger partial charge in [0.1, 0.15) is 0 Å². The van der Waals surface area contributed by atoms with E-state index in [1.54, 1.807) is 49.4 Å². The number of pyridine rings is 1. The molecule has 0 aliphatic rings. The van der Waals surface area contributed by atoms with Gasteiger partial charge in [0.2, 0.25) is 15.9 Å². The first-order valence-electron chi connectivity index (χ1n) is 10.7. The van der Waals surface area contributed by atoms with Crippen LogP contribution in [0.1, 0.15) is 28.4 Å². The minimum atomic E-state index is -3.77. The predicted octanol–water partition coefficient (Wildman–Crippen LogP) is 3.81. The highest BCUT2D eigenvalue weighted by atomic mass is 32.2. The quantitative estimate of drug-likeness (QED) is 0.517. The number of likely N-dealkylation sites (N-methyl/N-ethyl adjacent to an activating group) is 1. The van der Waals surface area contributed by atoms with Crippen LogP contribution in [0.4, 0.5) is 0 Å². The van der Waals surface area contributed by atoms with E-state index in [0.29, 0.717) is 23.6 Å². The zero-order chi connectivity index (χ0) is 24.0. The summed E-state index contributed by atoms with van der Waals surface area (Å²) < 4.78 is 33.8. The molecule has 0 unspecified atom stereocenters. The van der Waals surface area contributed by atoms with Crippen molar-refractivity contribution in [2.45, 2.75) is 25.7 Å². The molecule has 0 atom stereocenters. The lowest BCUT2D eigenvalue weighted by molar-refractivity contribution is 0.0767. The van der Waals surface area contributed by atoms with Crippen LogP contribution < -0.4 is 9.46 Å². The molecule has 1 N–H and O–H groups in total. The Morgan fingerprint density at radius 2 is 1.85 bits per heavy atom. The highest BCUT2D eigenvalue weighted by molar-refractivity contribution is 7.89. The molecule has 1 heterocycles. The molecule has 7 nitrogen and oxygen atoms in total. The molecule has 3 aromatic rings. The van der Waals surface area contributed by atoms with E-state index >= 15 is 0 Å². The number of rotatable bonds is 9. The number of sulfonamides is 1. The topological polar surface area (TPSA) is 88.6 Å². The maximum atomic E-state index is 13.0. The molecular formula is C25H29N3O4S. The monoisotopic (exact) mass is 467 g/mol. The van der Waals surface area contributed by atoms with Gasteiger partial charge in [-0.2, -0.15) is 0 Å². The molecule has 1 aromatic heterocycles. The summed E-state index contributed by atoms with van der Waals surface area (Å²) in [6, 6.07) is 16.1. The largest absolute Gasteiger partial charge is 0.481 e. The summed E-state index contributed by atoms with van der Waals surface area (Å²) in [5.74, 6) is 0.369. The molecule has 8 heteroatoms. The SMILES string of the molecule is CCN(CCNS(=O)(=O)c1cccc(-c2ccc(OC)nc2)c1C)C(=O)c1cccc(C)c1. The van der Waals surface area contributed by atoms with E-state index in [0.717, 1.165) is 16.7 Å². The third-order valence-corrected chi connectivity index (χ3v) is 7.04. The molecule has 0 aliphatic carbocycles. The molecule has 0 bridgehead atoms. The molecule has 2 aromatic carbocycles. The lowest BCUT2D eigenvalue weighted by Crippen LogP contribution is -2.38. The van der Waals surface area contributed by atoms with Gasteiger partial charge in [-0.1, -0.05) is 29.8 Å². The number of amides is 1. The van der Waals surface area contributed by atoms with E-state index in [9.17, 15) is 13.2 Å². The lowest BCUT2D eigenvalue weighted by atomic mass is 10.0. The standard InChI is InChI=1S/C25H29N3O4S/c1-5-28(25(29)20-9-6-8-18(2)16-20)15-14-27-33(30,31)23-11-7-10-22(19(23)3)21-12-13-24(32-4)26-17-21/h6-13,16-17,27H,5,14-15H2,1-4H3. The first kappa shape index (κ1) is 24.4. The number of methoxy groups -OCH3 is 1. The third-order valence-electron chi connectivity index (χ3n) is 5.44. The van der Waals surface area contributed by atoms with Gasteiger partial charge >= 0.3 is 0 Å². The van der Waals surface area contributed by atoms with Crippen molar-refractivity contribution < 1.29 is 17.9 Å². The lowest BCUT2D eigenvalue weighted by Gasteiger charge is -2.21. The minimum absolute atomic E-state index is 0.113. The van der Waals surface area contributed by atoms with Crippen LogP contribution >= 0.6 is 0 Å². The van der Waals surface area contributed by atoms with Crippen LogP contribution in [0.2, 0.25) is 0 Å². The molecule has 174 valence electrons. The fraction of sp³-hybridized carbons (Fsp3) is 0.280. The number of nitrogens with zero attached hydrogens (tertiary/aromatic N) is 2. The number of ether oxygens (including phenoxy) is 1. The van der Waals surface area contributed by atoms with Crippen LogP contribution in [0, 0.1) is 13.8 Å². The minimum Gasteiger partial charge on any atom is -0.481 e. The van der Waals surface area contributed by atoms with Crippen LogP contribution in [0.15, 0.2) is 65.7 Å². The smallest absolute Gasteiger partial charge is 0.253 e. The van der Waals surface area contributed by atoms with Crippen LogP contribution in [-0.2, 0) is 10.0 Å². The van der Waals surface area contributed by atoms with E-state index in [1.807, 2.05) is 44.2 Å². The van der Waals surface area contributed by atoms with E-state index in [4.69, 9.17) is 4.74 Å². The molecule has 0 aliphatic heterocycles. The second-order valence-electron chi connectivity index (χ2n) is 7.67. The number of carbonyl (C=O) groups is 1. The highest BCUT2D eigenvalue weighted by Gasteiger charge is 2.20. The third kappa shape index (κ3) is 5.77. The fourth-order valence-electron chi connectivity index (χ4n) is 3.64. The first-order chi connectivity index (χ1) is 15.8. The Balaban J connectivity index is 1.73. The Morgan fingerprint density at radius 3 is 2.48 bits per heavy atom. The number of benzene rings is 2.